The Kier molecular flexibility index (Phi) is 7.39. The summed E-state index contributed by atoms with van der Waals surface area (Å²) >= 11 is 0. The van der Waals surface area contributed by atoms with Crippen molar-refractivity contribution in [1.29, 1.82) is 0 Å². The lowest BCUT2D eigenvalue weighted by Crippen LogP contribution is -2.37. The van der Waals surface area contributed by atoms with Crippen molar-refractivity contribution in [3.05, 3.63) is 0 Å². The molecule has 0 heterocycles. The van der Waals surface area contributed by atoms with Crippen molar-refractivity contribution in [3.8, 4) is 0 Å². The van der Waals surface area contributed by atoms with Gasteiger partial charge >= 0.3 is 6.09 Å². The third-order valence-corrected chi connectivity index (χ3v) is 1.78. The maximum Gasteiger partial charge on any atom is 0.407 e. The fraction of sp³-hybridized carbons (Fsp3) is 0.889. The van der Waals surface area contributed by atoms with Crippen molar-refractivity contribution in [1.82, 2.24) is 10.6 Å². The third kappa shape index (κ3) is 7.59. The monoisotopic (exact) mass is 188 g/mol. The van der Waals surface area contributed by atoms with Gasteiger partial charge in [0.2, 0.25) is 0 Å². The molecule has 0 aromatic rings. The Hall–Kier alpha value is -0.770. The van der Waals surface area contributed by atoms with Gasteiger partial charge in [-0.25, -0.2) is 4.79 Å². The Balaban J connectivity index is 3.30. The molecule has 4 heteroatoms. The summed E-state index contributed by atoms with van der Waals surface area (Å²) < 4.78 is 4.90. The number of alkyl carbamates (subject to hydrolysis) is 1. The number of amides is 1. The summed E-state index contributed by atoms with van der Waals surface area (Å²) in [7, 11) is 1.86. The van der Waals surface area contributed by atoms with Gasteiger partial charge in [0.1, 0.15) is 0 Å². The van der Waals surface area contributed by atoms with Crippen LogP contribution in [0.25, 0.3) is 0 Å². The molecule has 0 aromatic carbocycles. The number of hydrogen-bond donors (Lipinski definition) is 2. The van der Waals surface area contributed by atoms with Gasteiger partial charge in [-0.1, -0.05) is 13.3 Å². The van der Waals surface area contributed by atoms with Crippen LogP contribution in [0, 0.1) is 0 Å². The molecular formula is C9H20N2O2. The molecule has 0 saturated heterocycles. The van der Waals surface area contributed by atoms with Gasteiger partial charge in [-0.3, -0.25) is 0 Å². The lowest BCUT2D eigenvalue weighted by Gasteiger charge is -2.11. The molecule has 0 saturated carbocycles. The molecule has 0 aliphatic rings. The lowest BCUT2D eigenvalue weighted by molar-refractivity contribution is 0.144. The molecule has 0 bridgehead atoms. The van der Waals surface area contributed by atoms with E-state index >= 15 is 0 Å². The first-order valence-electron chi connectivity index (χ1n) is 4.78. The molecule has 13 heavy (non-hydrogen) atoms. The van der Waals surface area contributed by atoms with Crippen molar-refractivity contribution in [2.45, 2.75) is 32.7 Å². The number of carbonyl (C=O) groups excluding carboxylic acids is 1. The molecular weight excluding hydrogens is 168 g/mol. The minimum absolute atomic E-state index is 0.277. The number of hydrogen-bond acceptors (Lipinski definition) is 3. The maximum atomic E-state index is 11.0. The number of carbonyl (C=O) groups is 1. The summed E-state index contributed by atoms with van der Waals surface area (Å²) in [6.45, 7) is 5.16. The molecule has 0 radical (unpaired) electrons. The molecule has 0 spiro atoms. The average Bonchev–Trinajstić information content (AvgIpc) is 2.14. The van der Waals surface area contributed by atoms with Crippen molar-refractivity contribution < 1.29 is 9.53 Å². The second-order valence-corrected chi connectivity index (χ2v) is 3.06. The minimum atomic E-state index is -0.324. The Morgan fingerprint density at radius 1 is 1.54 bits per heavy atom. The van der Waals surface area contributed by atoms with E-state index in [-0.39, 0.29) is 12.1 Å². The van der Waals surface area contributed by atoms with Crippen LogP contribution in [-0.2, 0) is 4.74 Å². The van der Waals surface area contributed by atoms with E-state index in [1.807, 2.05) is 14.0 Å². The minimum Gasteiger partial charge on any atom is -0.450 e. The van der Waals surface area contributed by atoms with Gasteiger partial charge in [-0.15, -0.1) is 0 Å². The number of likely N-dealkylation sites (N-methyl/N-ethyl adjacent to an activating group) is 1. The second-order valence-electron chi connectivity index (χ2n) is 3.06. The molecule has 0 aliphatic carbocycles. The van der Waals surface area contributed by atoms with E-state index in [0.29, 0.717) is 13.2 Å². The Morgan fingerprint density at radius 3 is 2.77 bits per heavy atom. The summed E-state index contributed by atoms with van der Waals surface area (Å²) in [6, 6.07) is 0.277. The summed E-state index contributed by atoms with van der Waals surface area (Å²) in [5, 5.41) is 5.69. The maximum absolute atomic E-state index is 11.0. The highest BCUT2D eigenvalue weighted by Gasteiger charge is 2.02. The van der Waals surface area contributed by atoms with E-state index < -0.39 is 0 Å². The highest BCUT2D eigenvalue weighted by molar-refractivity contribution is 5.67. The van der Waals surface area contributed by atoms with Gasteiger partial charge in [0.15, 0.2) is 0 Å². The molecule has 1 atom stereocenters. The first-order valence-corrected chi connectivity index (χ1v) is 4.78. The van der Waals surface area contributed by atoms with Gasteiger partial charge in [0.25, 0.3) is 0 Å². The molecule has 1 amide bonds. The molecule has 0 rings (SSSR count). The average molecular weight is 188 g/mol. The predicted molar refractivity (Wildman–Crippen MR) is 52.8 cm³/mol. The number of unbranched alkanes of at least 4 members (excludes halogenated alkanes) is 1. The normalized spacial score (nSPS) is 12.2. The molecule has 78 valence electrons. The summed E-state index contributed by atoms with van der Waals surface area (Å²) in [5.74, 6) is 0. The van der Waals surface area contributed by atoms with Crippen LogP contribution in [0.2, 0.25) is 0 Å². The lowest BCUT2D eigenvalue weighted by atomic mass is 10.3. The zero-order valence-electron chi connectivity index (χ0n) is 8.72. The summed E-state index contributed by atoms with van der Waals surface area (Å²) in [4.78, 5) is 11.0. The number of nitrogens with one attached hydrogen (secondary N) is 2. The largest absolute Gasteiger partial charge is 0.450 e. The third-order valence-electron chi connectivity index (χ3n) is 1.78. The van der Waals surface area contributed by atoms with Crippen LogP contribution >= 0.6 is 0 Å². The van der Waals surface area contributed by atoms with E-state index in [2.05, 4.69) is 17.6 Å². The van der Waals surface area contributed by atoms with Crippen LogP contribution in [0.4, 0.5) is 4.79 Å². The molecule has 0 aliphatic heterocycles. The van der Waals surface area contributed by atoms with Crippen LogP contribution in [0.1, 0.15) is 26.7 Å². The van der Waals surface area contributed by atoms with Crippen molar-refractivity contribution >= 4 is 6.09 Å². The fourth-order valence-electron chi connectivity index (χ4n) is 0.699. The highest BCUT2D eigenvalue weighted by Crippen LogP contribution is 1.88. The highest BCUT2D eigenvalue weighted by atomic mass is 16.5. The van der Waals surface area contributed by atoms with E-state index in [9.17, 15) is 4.79 Å². The Labute approximate surface area is 80.0 Å². The SMILES string of the molecule is CCCCOC(=O)NC[C@H](C)NC. The Bertz CT molecular complexity index is 140. The second kappa shape index (κ2) is 7.86. The summed E-state index contributed by atoms with van der Waals surface area (Å²) in [6.07, 6.45) is 1.64. The smallest absolute Gasteiger partial charge is 0.407 e. The van der Waals surface area contributed by atoms with E-state index in [0.717, 1.165) is 12.8 Å². The van der Waals surface area contributed by atoms with Gasteiger partial charge in [-0.05, 0) is 20.4 Å². The van der Waals surface area contributed by atoms with Crippen LogP contribution in [-0.4, -0.2) is 32.3 Å². The number of rotatable bonds is 6. The van der Waals surface area contributed by atoms with E-state index in [1.54, 1.807) is 0 Å². The number of ether oxygens (including phenoxy) is 1. The van der Waals surface area contributed by atoms with Gasteiger partial charge in [0, 0.05) is 12.6 Å². The van der Waals surface area contributed by atoms with Crippen LogP contribution < -0.4 is 10.6 Å². The molecule has 0 fully saturated rings. The standard InChI is InChI=1S/C9H20N2O2/c1-4-5-6-13-9(12)11-7-8(2)10-3/h8,10H,4-7H2,1-3H3,(H,11,12)/t8-/m0/s1. The van der Waals surface area contributed by atoms with Crippen LogP contribution in [0.3, 0.4) is 0 Å². The van der Waals surface area contributed by atoms with Crippen LogP contribution in [0.5, 0.6) is 0 Å². The zero-order valence-corrected chi connectivity index (χ0v) is 8.72. The molecule has 4 nitrogen and oxygen atoms in total. The van der Waals surface area contributed by atoms with E-state index in [4.69, 9.17) is 4.74 Å². The van der Waals surface area contributed by atoms with Crippen molar-refractivity contribution in [2.24, 2.45) is 0 Å². The van der Waals surface area contributed by atoms with Crippen molar-refractivity contribution in [2.75, 3.05) is 20.2 Å². The van der Waals surface area contributed by atoms with Crippen LogP contribution in [0.15, 0.2) is 0 Å². The topological polar surface area (TPSA) is 50.4 Å². The predicted octanol–water partition coefficient (Wildman–Crippen LogP) is 1.12. The van der Waals surface area contributed by atoms with E-state index in [1.165, 1.54) is 0 Å². The van der Waals surface area contributed by atoms with Gasteiger partial charge < -0.3 is 15.4 Å². The first kappa shape index (κ1) is 12.2. The molecule has 0 aromatic heterocycles. The first-order chi connectivity index (χ1) is 6.20. The molecule has 0 unspecified atom stereocenters. The fourth-order valence-corrected chi connectivity index (χ4v) is 0.699. The van der Waals surface area contributed by atoms with Gasteiger partial charge in [-0.2, -0.15) is 0 Å². The Morgan fingerprint density at radius 2 is 2.23 bits per heavy atom. The van der Waals surface area contributed by atoms with Gasteiger partial charge in [0.05, 0.1) is 6.61 Å². The molecule has 2 N–H and O–H groups in total. The quantitative estimate of drug-likeness (QED) is 0.614. The van der Waals surface area contributed by atoms with Crippen molar-refractivity contribution in [3.63, 3.8) is 0 Å². The summed E-state index contributed by atoms with van der Waals surface area (Å²) in [5.41, 5.74) is 0. The zero-order chi connectivity index (χ0) is 10.1.